The van der Waals surface area contributed by atoms with E-state index < -0.39 is 5.97 Å². The van der Waals surface area contributed by atoms with Crippen LogP contribution >= 0.6 is 23.2 Å². The van der Waals surface area contributed by atoms with E-state index in [1.807, 2.05) is 18.2 Å². The highest BCUT2D eigenvalue weighted by molar-refractivity contribution is 6.31. The van der Waals surface area contributed by atoms with E-state index in [2.05, 4.69) is 9.97 Å². The molecule has 0 spiro atoms. The molecule has 0 bridgehead atoms. The summed E-state index contributed by atoms with van der Waals surface area (Å²) in [6.07, 6.45) is 0. The number of aromatic nitrogens is 2. The summed E-state index contributed by atoms with van der Waals surface area (Å²) >= 11 is 12.1. The van der Waals surface area contributed by atoms with Gasteiger partial charge in [-0.2, -0.15) is 0 Å². The summed E-state index contributed by atoms with van der Waals surface area (Å²) in [6.45, 7) is 2.01. The fourth-order valence-corrected chi connectivity index (χ4v) is 2.69. The minimum Gasteiger partial charge on any atom is -0.461 e. The monoisotopic (exact) mass is 372 g/mol. The van der Waals surface area contributed by atoms with Gasteiger partial charge in [0.15, 0.2) is 11.5 Å². The van der Waals surface area contributed by atoms with Crippen LogP contribution in [0.3, 0.4) is 0 Å². The van der Waals surface area contributed by atoms with Crippen LogP contribution < -0.4 is 0 Å². The van der Waals surface area contributed by atoms with Crippen LogP contribution in [0.5, 0.6) is 0 Å². The van der Waals surface area contributed by atoms with Crippen molar-refractivity contribution in [1.82, 2.24) is 9.97 Å². The van der Waals surface area contributed by atoms with Crippen molar-refractivity contribution < 1.29 is 9.53 Å². The normalized spacial score (nSPS) is 10.5. The van der Waals surface area contributed by atoms with Gasteiger partial charge in [-0.25, -0.2) is 14.8 Å². The van der Waals surface area contributed by atoms with Gasteiger partial charge < -0.3 is 4.74 Å². The largest absolute Gasteiger partial charge is 0.461 e. The number of hydrogen-bond donors (Lipinski definition) is 0. The Morgan fingerprint density at radius 2 is 1.60 bits per heavy atom. The van der Waals surface area contributed by atoms with Crippen LogP contribution in [-0.2, 0) is 4.74 Å². The van der Waals surface area contributed by atoms with Gasteiger partial charge >= 0.3 is 5.97 Å². The molecular weight excluding hydrogens is 359 g/mol. The number of benzene rings is 2. The summed E-state index contributed by atoms with van der Waals surface area (Å²) < 4.78 is 5.08. The molecule has 4 nitrogen and oxygen atoms in total. The van der Waals surface area contributed by atoms with Gasteiger partial charge in [-0.3, -0.25) is 0 Å². The van der Waals surface area contributed by atoms with Crippen molar-refractivity contribution in [2.45, 2.75) is 6.92 Å². The lowest BCUT2D eigenvalue weighted by Crippen LogP contribution is -2.09. The number of esters is 1. The van der Waals surface area contributed by atoms with Crippen molar-refractivity contribution in [3.8, 4) is 22.6 Å². The number of ether oxygens (including phenoxy) is 1. The summed E-state index contributed by atoms with van der Waals surface area (Å²) in [4.78, 5) is 21.1. The van der Waals surface area contributed by atoms with E-state index in [4.69, 9.17) is 27.9 Å². The molecule has 0 saturated heterocycles. The molecule has 0 aliphatic heterocycles. The van der Waals surface area contributed by atoms with Crippen molar-refractivity contribution in [2.24, 2.45) is 0 Å². The van der Waals surface area contributed by atoms with E-state index >= 15 is 0 Å². The van der Waals surface area contributed by atoms with Crippen LogP contribution in [0.4, 0.5) is 0 Å². The molecule has 126 valence electrons. The number of nitrogens with zero attached hydrogens (tertiary/aromatic N) is 2. The molecule has 0 radical (unpaired) electrons. The molecule has 25 heavy (non-hydrogen) atoms. The Hall–Kier alpha value is -2.43. The van der Waals surface area contributed by atoms with Gasteiger partial charge in [0.2, 0.25) is 0 Å². The zero-order valence-electron chi connectivity index (χ0n) is 13.4. The summed E-state index contributed by atoms with van der Waals surface area (Å²) in [6, 6.07) is 16.0. The maximum absolute atomic E-state index is 12.2. The first-order valence-electron chi connectivity index (χ1n) is 7.65. The second kappa shape index (κ2) is 7.64. The quantitative estimate of drug-likeness (QED) is 0.583. The Labute approximate surface area is 155 Å². The smallest absolute Gasteiger partial charge is 0.357 e. The van der Waals surface area contributed by atoms with E-state index in [0.717, 1.165) is 5.56 Å². The molecule has 0 amide bonds. The topological polar surface area (TPSA) is 52.1 Å². The van der Waals surface area contributed by atoms with E-state index in [9.17, 15) is 4.79 Å². The molecule has 0 atom stereocenters. The molecule has 0 aliphatic rings. The second-order valence-corrected chi connectivity index (χ2v) is 6.08. The predicted molar refractivity (Wildman–Crippen MR) is 98.9 cm³/mol. The van der Waals surface area contributed by atoms with Crippen molar-refractivity contribution in [2.75, 3.05) is 6.61 Å². The molecule has 3 rings (SSSR count). The lowest BCUT2D eigenvalue weighted by molar-refractivity contribution is 0.0519. The van der Waals surface area contributed by atoms with Gasteiger partial charge in [-0.1, -0.05) is 47.5 Å². The van der Waals surface area contributed by atoms with Gasteiger partial charge in [-0.05, 0) is 37.3 Å². The average molecular weight is 373 g/mol. The molecule has 0 fully saturated rings. The highest BCUT2D eigenvalue weighted by atomic mass is 35.5. The molecule has 1 aromatic heterocycles. The Morgan fingerprint density at radius 1 is 0.960 bits per heavy atom. The van der Waals surface area contributed by atoms with Crippen molar-refractivity contribution in [1.29, 1.82) is 0 Å². The third kappa shape index (κ3) is 4.16. The summed E-state index contributed by atoms with van der Waals surface area (Å²) in [5.41, 5.74) is 2.25. The Morgan fingerprint density at radius 3 is 2.24 bits per heavy atom. The third-order valence-electron chi connectivity index (χ3n) is 3.41. The van der Waals surface area contributed by atoms with Crippen molar-refractivity contribution >= 4 is 29.2 Å². The molecule has 0 N–H and O–H groups in total. The summed E-state index contributed by atoms with van der Waals surface area (Å²) in [5.74, 6) is -0.112. The number of rotatable bonds is 4. The Bertz CT molecular complexity index is 865. The van der Waals surface area contributed by atoms with Gasteiger partial charge in [0, 0.05) is 21.2 Å². The van der Waals surface area contributed by atoms with Crippen LogP contribution in [0.2, 0.25) is 10.0 Å². The fraction of sp³-hybridized carbons (Fsp3) is 0.105. The molecule has 0 aliphatic carbocycles. The van der Waals surface area contributed by atoms with Crippen LogP contribution in [0, 0.1) is 0 Å². The van der Waals surface area contributed by atoms with Crippen molar-refractivity contribution in [3.63, 3.8) is 0 Å². The van der Waals surface area contributed by atoms with E-state index in [0.29, 0.717) is 27.1 Å². The number of carbonyl (C=O) groups is 1. The van der Waals surface area contributed by atoms with E-state index in [-0.39, 0.29) is 12.3 Å². The standard InChI is InChI=1S/C19H14Cl2N2O2/c1-2-25-19(24)17-11-16(12-5-3-7-14(20)9-12)22-18(23-17)13-6-4-8-15(21)10-13/h3-11H,2H2,1H3. The third-order valence-corrected chi connectivity index (χ3v) is 3.88. The minimum atomic E-state index is -0.503. The number of carbonyl (C=O) groups excluding carboxylic acids is 1. The first-order chi connectivity index (χ1) is 12.1. The average Bonchev–Trinajstić information content (AvgIpc) is 2.61. The molecule has 3 aromatic rings. The Balaban J connectivity index is 2.16. The summed E-state index contributed by atoms with van der Waals surface area (Å²) in [5, 5.41) is 1.14. The molecule has 0 unspecified atom stereocenters. The first kappa shape index (κ1) is 17.4. The number of halogens is 2. The van der Waals surface area contributed by atoms with Crippen LogP contribution in [0.1, 0.15) is 17.4 Å². The first-order valence-corrected chi connectivity index (χ1v) is 8.40. The zero-order chi connectivity index (χ0) is 17.8. The maximum atomic E-state index is 12.2. The molecular formula is C19H14Cl2N2O2. The zero-order valence-corrected chi connectivity index (χ0v) is 14.9. The Kier molecular flexibility index (Phi) is 5.31. The van der Waals surface area contributed by atoms with Gasteiger partial charge in [-0.15, -0.1) is 0 Å². The lowest BCUT2D eigenvalue weighted by atomic mass is 10.1. The van der Waals surface area contributed by atoms with Gasteiger partial charge in [0.25, 0.3) is 0 Å². The SMILES string of the molecule is CCOC(=O)c1cc(-c2cccc(Cl)c2)nc(-c2cccc(Cl)c2)n1. The van der Waals surface area contributed by atoms with Crippen LogP contribution in [0.15, 0.2) is 54.6 Å². The van der Waals surface area contributed by atoms with Crippen LogP contribution in [-0.4, -0.2) is 22.5 Å². The van der Waals surface area contributed by atoms with Gasteiger partial charge in [0.05, 0.1) is 12.3 Å². The minimum absolute atomic E-state index is 0.182. The predicted octanol–water partition coefficient (Wildman–Crippen LogP) is 5.29. The highest BCUT2D eigenvalue weighted by Gasteiger charge is 2.15. The second-order valence-electron chi connectivity index (χ2n) is 5.20. The lowest BCUT2D eigenvalue weighted by Gasteiger charge is -2.09. The van der Waals surface area contributed by atoms with E-state index in [1.165, 1.54) is 0 Å². The van der Waals surface area contributed by atoms with Crippen LogP contribution in [0.25, 0.3) is 22.6 Å². The molecule has 6 heteroatoms. The van der Waals surface area contributed by atoms with E-state index in [1.54, 1.807) is 43.3 Å². The highest BCUT2D eigenvalue weighted by Crippen LogP contribution is 2.26. The summed E-state index contributed by atoms with van der Waals surface area (Å²) in [7, 11) is 0. The van der Waals surface area contributed by atoms with Crippen molar-refractivity contribution in [3.05, 3.63) is 70.3 Å². The fourth-order valence-electron chi connectivity index (χ4n) is 2.31. The van der Waals surface area contributed by atoms with Gasteiger partial charge in [0.1, 0.15) is 0 Å². The number of hydrogen-bond acceptors (Lipinski definition) is 4. The molecule has 2 aromatic carbocycles. The molecule has 1 heterocycles. The molecule has 0 saturated carbocycles. The maximum Gasteiger partial charge on any atom is 0.357 e.